The number of hydrogen-bond donors (Lipinski definition) is 1. The second kappa shape index (κ2) is 5.57. The Morgan fingerprint density at radius 1 is 1.42 bits per heavy atom. The zero-order chi connectivity index (χ0) is 13.8. The van der Waals surface area contributed by atoms with Crippen molar-refractivity contribution >= 4 is 5.69 Å². The minimum atomic E-state index is -0.414. The smallest absolute Gasteiger partial charge is 0.269 e. The molecule has 7 nitrogen and oxygen atoms in total. The number of nitrogens with one attached hydrogen (secondary N) is 1. The molecule has 1 unspecified atom stereocenters. The highest BCUT2D eigenvalue weighted by atomic mass is 16.6. The lowest BCUT2D eigenvalue weighted by Gasteiger charge is -2.12. The first-order valence-corrected chi connectivity index (χ1v) is 5.83. The Balaban J connectivity index is 1.95. The lowest BCUT2D eigenvalue weighted by Crippen LogP contribution is -2.18. The molecule has 0 radical (unpaired) electrons. The fourth-order valence-corrected chi connectivity index (χ4v) is 1.65. The summed E-state index contributed by atoms with van der Waals surface area (Å²) in [5, 5.41) is 17.5. The average molecular weight is 262 g/mol. The number of benzene rings is 1. The van der Waals surface area contributed by atoms with E-state index >= 15 is 0 Å². The lowest BCUT2D eigenvalue weighted by molar-refractivity contribution is -0.384. The van der Waals surface area contributed by atoms with Crippen LogP contribution in [0, 0.1) is 17.0 Å². The van der Waals surface area contributed by atoms with E-state index in [9.17, 15) is 10.1 Å². The molecular formula is C12H14N4O3. The van der Waals surface area contributed by atoms with Crippen LogP contribution in [-0.2, 0) is 6.54 Å². The van der Waals surface area contributed by atoms with Gasteiger partial charge >= 0.3 is 0 Å². The molecule has 100 valence electrons. The summed E-state index contributed by atoms with van der Waals surface area (Å²) >= 11 is 0. The summed E-state index contributed by atoms with van der Waals surface area (Å²) in [6.45, 7) is 4.18. The van der Waals surface area contributed by atoms with Crippen LogP contribution in [0.25, 0.3) is 0 Å². The second-order valence-electron chi connectivity index (χ2n) is 4.19. The zero-order valence-electron chi connectivity index (χ0n) is 10.7. The topological polar surface area (TPSA) is 94.1 Å². The van der Waals surface area contributed by atoms with E-state index in [1.54, 1.807) is 19.1 Å². The summed E-state index contributed by atoms with van der Waals surface area (Å²) < 4.78 is 4.99. The number of aryl methyl sites for hydroxylation is 1. The number of aromatic nitrogens is 2. The predicted octanol–water partition coefficient (Wildman–Crippen LogP) is 2.14. The van der Waals surface area contributed by atoms with Crippen LogP contribution in [0.3, 0.4) is 0 Å². The van der Waals surface area contributed by atoms with Crippen LogP contribution in [0.2, 0.25) is 0 Å². The highest BCUT2D eigenvalue weighted by Gasteiger charge is 2.10. The molecule has 0 amide bonds. The van der Waals surface area contributed by atoms with Crippen molar-refractivity contribution in [1.29, 1.82) is 0 Å². The van der Waals surface area contributed by atoms with E-state index in [2.05, 4.69) is 15.5 Å². The van der Waals surface area contributed by atoms with Crippen molar-refractivity contribution in [3.63, 3.8) is 0 Å². The standard InChI is InChI=1S/C12H14N4O3/c1-8(13-7-12-14-9(2)15-19-12)10-3-5-11(6-4-10)16(17)18/h3-6,8,13H,7H2,1-2H3. The SMILES string of the molecule is Cc1noc(CNC(C)c2ccc([N+](=O)[O-])cc2)n1. The van der Waals surface area contributed by atoms with Gasteiger partial charge in [0.1, 0.15) is 0 Å². The van der Waals surface area contributed by atoms with Crippen LogP contribution in [0.5, 0.6) is 0 Å². The number of nitrogens with zero attached hydrogens (tertiary/aromatic N) is 3. The van der Waals surface area contributed by atoms with E-state index in [0.29, 0.717) is 18.3 Å². The Morgan fingerprint density at radius 3 is 2.63 bits per heavy atom. The summed E-state index contributed by atoms with van der Waals surface area (Å²) in [5.41, 5.74) is 1.05. The molecule has 0 spiro atoms. The molecule has 1 atom stereocenters. The number of non-ortho nitro benzene ring substituents is 1. The minimum absolute atomic E-state index is 0.0352. The molecule has 7 heteroatoms. The molecule has 0 saturated carbocycles. The molecule has 0 aliphatic rings. The highest BCUT2D eigenvalue weighted by Crippen LogP contribution is 2.17. The molecule has 0 aliphatic carbocycles. The van der Waals surface area contributed by atoms with Gasteiger partial charge in [-0.3, -0.25) is 10.1 Å². The van der Waals surface area contributed by atoms with Gasteiger partial charge in [0.2, 0.25) is 5.89 Å². The first-order valence-electron chi connectivity index (χ1n) is 5.83. The number of hydrogen-bond acceptors (Lipinski definition) is 6. The van der Waals surface area contributed by atoms with Crippen LogP contribution in [0.15, 0.2) is 28.8 Å². The van der Waals surface area contributed by atoms with Gasteiger partial charge in [0.05, 0.1) is 11.5 Å². The maximum Gasteiger partial charge on any atom is 0.269 e. The van der Waals surface area contributed by atoms with Gasteiger partial charge in [-0.25, -0.2) is 0 Å². The Bertz CT molecular complexity index is 565. The van der Waals surface area contributed by atoms with Crippen molar-refractivity contribution in [2.24, 2.45) is 0 Å². The molecule has 1 heterocycles. The van der Waals surface area contributed by atoms with Crippen LogP contribution in [-0.4, -0.2) is 15.1 Å². The van der Waals surface area contributed by atoms with E-state index < -0.39 is 4.92 Å². The lowest BCUT2D eigenvalue weighted by atomic mass is 10.1. The fraction of sp³-hybridized carbons (Fsp3) is 0.333. The van der Waals surface area contributed by atoms with Crippen LogP contribution in [0.4, 0.5) is 5.69 Å². The molecule has 19 heavy (non-hydrogen) atoms. The molecule has 1 N–H and O–H groups in total. The van der Waals surface area contributed by atoms with E-state index in [-0.39, 0.29) is 11.7 Å². The molecule has 1 aromatic carbocycles. The number of nitro benzene ring substituents is 1. The third-order valence-electron chi connectivity index (χ3n) is 2.73. The molecule has 2 aromatic rings. The van der Waals surface area contributed by atoms with Crippen LogP contribution >= 0.6 is 0 Å². The summed E-state index contributed by atoms with van der Waals surface area (Å²) in [6, 6.07) is 6.48. The van der Waals surface area contributed by atoms with Gasteiger partial charge in [-0.05, 0) is 19.4 Å². The van der Waals surface area contributed by atoms with Crippen molar-refractivity contribution in [1.82, 2.24) is 15.5 Å². The van der Waals surface area contributed by atoms with Crippen molar-refractivity contribution in [3.05, 3.63) is 51.7 Å². The summed E-state index contributed by atoms with van der Waals surface area (Å²) in [4.78, 5) is 14.2. The van der Waals surface area contributed by atoms with E-state index in [4.69, 9.17) is 4.52 Å². The Morgan fingerprint density at radius 2 is 2.11 bits per heavy atom. The van der Waals surface area contributed by atoms with Gasteiger partial charge in [0, 0.05) is 18.2 Å². The van der Waals surface area contributed by atoms with E-state index in [1.807, 2.05) is 6.92 Å². The molecule has 0 bridgehead atoms. The normalized spacial score (nSPS) is 12.3. The highest BCUT2D eigenvalue weighted by molar-refractivity contribution is 5.34. The van der Waals surface area contributed by atoms with Gasteiger partial charge in [0.25, 0.3) is 5.69 Å². The Labute approximate surface area is 109 Å². The monoisotopic (exact) mass is 262 g/mol. The van der Waals surface area contributed by atoms with Gasteiger partial charge in [0.15, 0.2) is 5.82 Å². The largest absolute Gasteiger partial charge is 0.338 e. The van der Waals surface area contributed by atoms with Gasteiger partial charge in [-0.2, -0.15) is 4.98 Å². The number of rotatable bonds is 5. The van der Waals surface area contributed by atoms with Crippen molar-refractivity contribution < 1.29 is 9.45 Å². The summed E-state index contributed by atoms with van der Waals surface area (Å²) in [6.07, 6.45) is 0. The predicted molar refractivity (Wildman–Crippen MR) is 67.4 cm³/mol. The first kappa shape index (κ1) is 13.2. The molecule has 1 aromatic heterocycles. The summed E-state index contributed by atoms with van der Waals surface area (Å²) in [5.74, 6) is 1.12. The fourth-order valence-electron chi connectivity index (χ4n) is 1.65. The van der Waals surface area contributed by atoms with E-state index in [1.165, 1.54) is 12.1 Å². The van der Waals surface area contributed by atoms with Gasteiger partial charge in [-0.1, -0.05) is 17.3 Å². The average Bonchev–Trinajstić information content (AvgIpc) is 2.82. The van der Waals surface area contributed by atoms with Gasteiger partial charge in [-0.15, -0.1) is 0 Å². The van der Waals surface area contributed by atoms with Crippen molar-refractivity contribution in [2.45, 2.75) is 26.4 Å². The van der Waals surface area contributed by atoms with Crippen molar-refractivity contribution in [2.75, 3.05) is 0 Å². The molecule has 0 aliphatic heterocycles. The molecule has 2 rings (SSSR count). The van der Waals surface area contributed by atoms with Crippen LogP contribution in [0.1, 0.15) is 30.2 Å². The molecule has 0 saturated heterocycles. The quantitative estimate of drug-likeness (QED) is 0.655. The third-order valence-corrected chi connectivity index (χ3v) is 2.73. The number of nitro groups is 1. The zero-order valence-corrected chi connectivity index (χ0v) is 10.7. The van der Waals surface area contributed by atoms with Crippen LogP contribution < -0.4 is 5.32 Å². The van der Waals surface area contributed by atoms with E-state index in [0.717, 1.165) is 5.56 Å². The summed E-state index contributed by atoms with van der Waals surface area (Å²) in [7, 11) is 0. The Kier molecular flexibility index (Phi) is 3.86. The molecular weight excluding hydrogens is 248 g/mol. The third kappa shape index (κ3) is 3.35. The minimum Gasteiger partial charge on any atom is -0.338 e. The first-order chi connectivity index (χ1) is 9.06. The van der Waals surface area contributed by atoms with Gasteiger partial charge < -0.3 is 9.84 Å². The Hall–Kier alpha value is -2.28. The van der Waals surface area contributed by atoms with Crippen molar-refractivity contribution in [3.8, 4) is 0 Å². The second-order valence-corrected chi connectivity index (χ2v) is 4.19. The molecule has 0 fully saturated rings. The maximum absolute atomic E-state index is 10.6. The maximum atomic E-state index is 10.6.